The molecular formula is C9H5BrClNO. The van der Waals surface area contributed by atoms with Crippen LogP contribution in [0.15, 0.2) is 39.5 Å². The predicted molar refractivity (Wildman–Crippen MR) is 54.6 cm³/mol. The number of rotatable bonds is 1. The Bertz CT molecular complexity index is 427. The second-order valence-electron chi connectivity index (χ2n) is 2.49. The summed E-state index contributed by atoms with van der Waals surface area (Å²) in [6.07, 6.45) is 1.60. The van der Waals surface area contributed by atoms with Gasteiger partial charge in [-0.25, -0.2) is 0 Å². The molecule has 2 rings (SSSR count). The molecule has 1 heterocycles. The van der Waals surface area contributed by atoms with E-state index in [9.17, 15) is 0 Å². The highest BCUT2D eigenvalue weighted by Gasteiger charge is 2.09. The third kappa shape index (κ3) is 1.62. The summed E-state index contributed by atoms with van der Waals surface area (Å²) < 4.78 is 5.74. The van der Waals surface area contributed by atoms with E-state index in [1.54, 1.807) is 6.20 Å². The Morgan fingerprint density at radius 1 is 1.23 bits per heavy atom. The van der Waals surface area contributed by atoms with Crippen LogP contribution in [-0.4, -0.2) is 5.16 Å². The van der Waals surface area contributed by atoms with Crippen molar-refractivity contribution >= 4 is 27.5 Å². The fourth-order valence-corrected chi connectivity index (χ4v) is 1.77. The lowest BCUT2D eigenvalue weighted by molar-refractivity contribution is 0.422. The Morgan fingerprint density at radius 3 is 2.62 bits per heavy atom. The number of hydrogen-bond acceptors (Lipinski definition) is 2. The van der Waals surface area contributed by atoms with Gasteiger partial charge in [-0.2, -0.15) is 0 Å². The van der Waals surface area contributed by atoms with E-state index in [4.69, 9.17) is 16.1 Å². The molecule has 1 aromatic carbocycles. The average Bonchev–Trinajstić information content (AvgIpc) is 2.52. The lowest BCUT2D eigenvalue weighted by atomic mass is 10.1. The van der Waals surface area contributed by atoms with Gasteiger partial charge in [-0.05, 0) is 17.7 Å². The molecule has 0 aliphatic heterocycles. The zero-order chi connectivity index (χ0) is 9.26. The molecule has 0 fully saturated rings. The molecule has 0 saturated carbocycles. The maximum atomic E-state index is 5.80. The summed E-state index contributed by atoms with van der Waals surface area (Å²) in [5.74, 6) is 0. The molecule has 0 bridgehead atoms. The van der Waals surface area contributed by atoms with E-state index in [2.05, 4.69) is 21.1 Å². The fourth-order valence-electron chi connectivity index (χ4n) is 1.08. The zero-order valence-electron chi connectivity index (χ0n) is 6.50. The van der Waals surface area contributed by atoms with Gasteiger partial charge in [-0.3, -0.25) is 0 Å². The standard InChI is InChI=1S/C9H5BrClNO/c10-8-4-2-1-3-6(8)7-5-12-13-9(7)11/h1-5H. The fraction of sp³-hybridized carbons (Fsp3) is 0. The van der Waals surface area contributed by atoms with E-state index in [1.165, 1.54) is 0 Å². The molecule has 0 unspecified atom stereocenters. The van der Waals surface area contributed by atoms with Crippen molar-refractivity contribution in [3.05, 3.63) is 40.2 Å². The number of benzene rings is 1. The van der Waals surface area contributed by atoms with E-state index in [0.717, 1.165) is 15.6 Å². The molecule has 0 N–H and O–H groups in total. The first kappa shape index (κ1) is 8.78. The van der Waals surface area contributed by atoms with Crippen LogP contribution in [0.3, 0.4) is 0 Å². The first-order valence-electron chi connectivity index (χ1n) is 3.64. The highest BCUT2D eigenvalue weighted by molar-refractivity contribution is 9.10. The summed E-state index contributed by atoms with van der Waals surface area (Å²) in [6, 6.07) is 7.76. The second kappa shape index (κ2) is 3.52. The summed E-state index contributed by atoms with van der Waals surface area (Å²) in [4.78, 5) is 0. The monoisotopic (exact) mass is 257 g/mol. The Morgan fingerprint density at radius 2 is 2.00 bits per heavy atom. The van der Waals surface area contributed by atoms with Crippen molar-refractivity contribution in [3.8, 4) is 11.1 Å². The van der Waals surface area contributed by atoms with Crippen LogP contribution < -0.4 is 0 Å². The molecule has 0 amide bonds. The highest BCUT2D eigenvalue weighted by Crippen LogP contribution is 2.32. The molecule has 2 aromatic rings. The Labute approximate surface area is 88.6 Å². The van der Waals surface area contributed by atoms with E-state index in [0.29, 0.717) is 5.22 Å². The van der Waals surface area contributed by atoms with Crippen LogP contribution in [0, 0.1) is 0 Å². The van der Waals surface area contributed by atoms with Gasteiger partial charge >= 0.3 is 0 Å². The zero-order valence-corrected chi connectivity index (χ0v) is 8.84. The van der Waals surface area contributed by atoms with Crippen molar-refractivity contribution in [1.82, 2.24) is 5.16 Å². The van der Waals surface area contributed by atoms with Gasteiger partial charge in [0, 0.05) is 10.0 Å². The summed E-state index contributed by atoms with van der Waals surface area (Å²) in [7, 11) is 0. The van der Waals surface area contributed by atoms with Gasteiger partial charge in [0.25, 0.3) is 0 Å². The maximum Gasteiger partial charge on any atom is 0.233 e. The van der Waals surface area contributed by atoms with Crippen LogP contribution in [0.25, 0.3) is 11.1 Å². The molecular weight excluding hydrogens is 253 g/mol. The molecule has 4 heteroatoms. The molecule has 1 aromatic heterocycles. The third-order valence-corrected chi connectivity index (χ3v) is 2.65. The molecule has 0 aliphatic carbocycles. The molecule has 0 spiro atoms. The quantitative estimate of drug-likeness (QED) is 0.778. The van der Waals surface area contributed by atoms with Crippen LogP contribution in [0.4, 0.5) is 0 Å². The number of aromatic nitrogens is 1. The van der Waals surface area contributed by atoms with Crippen LogP contribution in [0.5, 0.6) is 0 Å². The summed E-state index contributed by atoms with van der Waals surface area (Å²) >= 11 is 9.22. The number of halogens is 2. The molecule has 13 heavy (non-hydrogen) atoms. The van der Waals surface area contributed by atoms with Crippen molar-refractivity contribution in [1.29, 1.82) is 0 Å². The Kier molecular flexibility index (Phi) is 2.38. The van der Waals surface area contributed by atoms with Gasteiger partial charge < -0.3 is 4.52 Å². The maximum absolute atomic E-state index is 5.80. The van der Waals surface area contributed by atoms with Crippen LogP contribution in [-0.2, 0) is 0 Å². The minimum Gasteiger partial charge on any atom is -0.344 e. The van der Waals surface area contributed by atoms with Gasteiger partial charge in [-0.1, -0.05) is 39.3 Å². The van der Waals surface area contributed by atoms with E-state index in [-0.39, 0.29) is 0 Å². The normalized spacial score (nSPS) is 10.3. The number of hydrogen-bond donors (Lipinski definition) is 0. The summed E-state index contributed by atoms with van der Waals surface area (Å²) in [5.41, 5.74) is 1.78. The smallest absolute Gasteiger partial charge is 0.233 e. The lowest BCUT2D eigenvalue weighted by Crippen LogP contribution is -1.76. The predicted octanol–water partition coefficient (Wildman–Crippen LogP) is 3.76. The Hall–Kier alpha value is -0.800. The summed E-state index contributed by atoms with van der Waals surface area (Å²) in [6.45, 7) is 0. The van der Waals surface area contributed by atoms with Crippen molar-refractivity contribution < 1.29 is 4.52 Å². The third-order valence-electron chi connectivity index (χ3n) is 1.69. The van der Waals surface area contributed by atoms with Crippen molar-refractivity contribution in [2.75, 3.05) is 0 Å². The molecule has 0 saturated heterocycles. The first-order valence-corrected chi connectivity index (χ1v) is 4.81. The van der Waals surface area contributed by atoms with Gasteiger partial charge in [-0.15, -0.1) is 0 Å². The van der Waals surface area contributed by atoms with Gasteiger partial charge in [0.15, 0.2) is 0 Å². The largest absolute Gasteiger partial charge is 0.344 e. The van der Waals surface area contributed by atoms with Crippen molar-refractivity contribution in [3.63, 3.8) is 0 Å². The first-order chi connectivity index (χ1) is 6.29. The molecule has 2 nitrogen and oxygen atoms in total. The van der Waals surface area contributed by atoms with Crippen LogP contribution >= 0.6 is 27.5 Å². The highest BCUT2D eigenvalue weighted by atomic mass is 79.9. The SMILES string of the molecule is Clc1oncc1-c1ccccc1Br. The molecule has 66 valence electrons. The Balaban J connectivity index is 2.59. The topological polar surface area (TPSA) is 26.0 Å². The molecule has 0 radical (unpaired) electrons. The van der Waals surface area contributed by atoms with Crippen LogP contribution in [0.2, 0.25) is 5.22 Å². The second-order valence-corrected chi connectivity index (χ2v) is 3.69. The van der Waals surface area contributed by atoms with E-state index in [1.807, 2.05) is 24.3 Å². The van der Waals surface area contributed by atoms with Gasteiger partial charge in [0.1, 0.15) is 0 Å². The van der Waals surface area contributed by atoms with Gasteiger partial charge in [0.2, 0.25) is 5.22 Å². The van der Waals surface area contributed by atoms with Crippen molar-refractivity contribution in [2.24, 2.45) is 0 Å². The summed E-state index contributed by atoms with van der Waals surface area (Å²) in [5, 5.41) is 3.92. The lowest BCUT2D eigenvalue weighted by Gasteiger charge is -1.99. The number of nitrogens with zero attached hydrogens (tertiary/aromatic N) is 1. The molecule has 0 atom stereocenters. The van der Waals surface area contributed by atoms with E-state index < -0.39 is 0 Å². The van der Waals surface area contributed by atoms with Crippen molar-refractivity contribution in [2.45, 2.75) is 0 Å². The minimum atomic E-state index is 0.312. The van der Waals surface area contributed by atoms with E-state index >= 15 is 0 Å². The van der Waals surface area contributed by atoms with Gasteiger partial charge in [0.05, 0.1) is 11.8 Å². The average molecular weight is 259 g/mol. The molecule has 0 aliphatic rings. The minimum absolute atomic E-state index is 0.312. The van der Waals surface area contributed by atoms with Crippen LogP contribution in [0.1, 0.15) is 0 Å².